The second-order valence-corrected chi connectivity index (χ2v) is 8.89. The lowest BCUT2D eigenvalue weighted by molar-refractivity contribution is 0.929. The zero-order valence-electron chi connectivity index (χ0n) is 18.2. The van der Waals surface area contributed by atoms with Gasteiger partial charge in [-0.05, 0) is 81.3 Å². The summed E-state index contributed by atoms with van der Waals surface area (Å²) in [6, 6.07) is 35.3. The Hall–Kier alpha value is -3.64. The fourth-order valence-corrected chi connectivity index (χ4v) is 5.28. The molecule has 0 aliphatic heterocycles. The van der Waals surface area contributed by atoms with Crippen LogP contribution in [0.2, 0.25) is 0 Å². The van der Waals surface area contributed by atoms with Gasteiger partial charge in [0.15, 0.2) is 0 Å². The Bertz CT molecular complexity index is 1230. The van der Waals surface area contributed by atoms with Gasteiger partial charge in [0, 0.05) is 0 Å². The Labute approximate surface area is 190 Å². The lowest BCUT2D eigenvalue weighted by Gasteiger charge is -2.12. The summed E-state index contributed by atoms with van der Waals surface area (Å²) in [6.45, 7) is 0. The van der Waals surface area contributed by atoms with Crippen LogP contribution in [0, 0.1) is 0 Å². The zero-order valence-corrected chi connectivity index (χ0v) is 18.2. The van der Waals surface area contributed by atoms with E-state index in [0.717, 1.165) is 25.7 Å². The van der Waals surface area contributed by atoms with Crippen LogP contribution in [0.4, 0.5) is 0 Å². The van der Waals surface area contributed by atoms with Crippen molar-refractivity contribution in [2.75, 3.05) is 0 Å². The molecule has 2 aliphatic carbocycles. The first-order valence-corrected chi connectivity index (χ1v) is 11.6. The molecule has 0 nitrogen and oxygen atoms in total. The van der Waals surface area contributed by atoms with E-state index in [4.69, 9.17) is 0 Å². The molecule has 0 heteroatoms. The van der Waals surface area contributed by atoms with Crippen LogP contribution >= 0.6 is 0 Å². The zero-order chi connectivity index (χ0) is 21.3. The third kappa shape index (κ3) is 3.52. The highest BCUT2D eigenvalue weighted by Crippen LogP contribution is 2.36. The first kappa shape index (κ1) is 19.1. The average Bonchev–Trinajstić information content (AvgIpc) is 3.49. The van der Waals surface area contributed by atoms with Gasteiger partial charge in [-0.25, -0.2) is 0 Å². The fourth-order valence-electron chi connectivity index (χ4n) is 5.28. The minimum Gasteiger partial charge on any atom is -0.0622 e. The summed E-state index contributed by atoms with van der Waals surface area (Å²) in [7, 11) is 0. The Morgan fingerprint density at radius 3 is 1.31 bits per heavy atom. The first-order valence-electron chi connectivity index (χ1n) is 11.6. The van der Waals surface area contributed by atoms with Crippen LogP contribution in [0.25, 0.3) is 23.3 Å². The molecule has 0 fully saturated rings. The maximum absolute atomic E-state index is 2.38. The van der Waals surface area contributed by atoms with Crippen molar-refractivity contribution in [2.45, 2.75) is 25.7 Å². The average molecular weight is 411 g/mol. The van der Waals surface area contributed by atoms with Crippen LogP contribution in [-0.2, 0) is 25.7 Å². The number of benzene rings is 4. The number of hydrogen-bond donors (Lipinski definition) is 0. The summed E-state index contributed by atoms with van der Waals surface area (Å²) in [5, 5.41) is 0. The molecule has 4 aromatic carbocycles. The molecule has 6 rings (SSSR count). The Morgan fingerprint density at radius 1 is 0.438 bits per heavy atom. The molecule has 0 bridgehead atoms. The molecule has 0 amide bonds. The van der Waals surface area contributed by atoms with Gasteiger partial charge in [-0.2, -0.15) is 0 Å². The highest BCUT2D eigenvalue weighted by molar-refractivity contribution is 5.90. The molecule has 2 aliphatic rings. The summed E-state index contributed by atoms with van der Waals surface area (Å²) in [5.41, 5.74) is 14.4. The number of rotatable bonds is 5. The van der Waals surface area contributed by atoms with Crippen LogP contribution in [-0.4, -0.2) is 0 Å². The third-order valence-corrected chi connectivity index (χ3v) is 6.97. The van der Waals surface area contributed by atoms with Gasteiger partial charge < -0.3 is 0 Å². The minimum atomic E-state index is 1.04. The van der Waals surface area contributed by atoms with E-state index >= 15 is 0 Å². The number of hydrogen-bond acceptors (Lipinski definition) is 0. The van der Waals surface area contributed by atoms with E-state index in [0.29, 0.717) is 0 Å². The van der Waals surface area contributed by atoms with Crippen LogP contribution in [0.15, 0.2) is 97.1 Å². The predicted molar refractivity (Wildman–Crippen MR) is 136 cm³/mol. The summed E-state index contributed by atoms with van der Waals surface area (Å²) in [5.74, 6) is 0. The molecule has 0 spiro atoms. The minimum absolute atomic E-state index is 1.04. The second kappa shape index (κ2) is 8.13. The lowest BCUT2D eigenvalue weighted by Crippen LogP contribution is -2.01. The number of fused-ring (bicyclic) bond motifs is 2. The van der Waals surface area contributed by atoms with Crippen molar-refractivity contribution in [3.8, 4) is 0 Å². The summed E-state index contributed by atoms with van der Waals surface area (Å²) >= 11 is 0. The van der Waals surface area contributed by atoms with Crippen molar-refractivity contribution in [1.82, 2.24) is 0 Å². The molecule has 0 heterocycles. The molecule has 0 saturated carbocycles. The van der Waals surface area contributed by atoms with E-state index in [2.05, 4.69) is 109 Å². The molecule has 32 heavy (non-hydrogen) atoms. The monoisotopic (exact) mass is 410 g/mol. The number of allylic oxidation sites excluding steroid dienone is 2. The van der Waals surface area contributed by atoms with Crippen LogP contribution in [0.5, 0.6) is 0 Å². The summed E-state index contributed by atoms with van der Waals surface area (Å²) < 4.78 is 0. The van der Waals surface area contributed by atoms with E-state index in [1.165, 1.54) is 55.7 Å². The van der Waals surface area contributed by atoms with Gasteiger partial charge >= 0.3 is 0 Å². The first-order chi connectivity index (χ1) is 15.8. The molecule has 0 aromatic heterocycles. The summed E-state index contributed by atoms with van der Waals surface area (Å²) in [6.07, 6.45) is 9.03. The lowest BCUT2D eigenvalue weighted by atomic mass is 9.92. The van der Waals surface area contributed by atoms with Crippen LogP contribution < -0.4 is 0 Å². The molecule has 0 radical (unpaired) electrons. The highest BCUT2D eigenvalue weighted by Gasteiger charge is 2.19. The highest BCUT2D eigenvalue weighted by atomic mass is 14.2. The van der Waals surface area contributed by atoms with E-state index in [1.807, 2.05) is 0 Å². The molecule has 0 N–H and O–H groups in total. The Morgan fingerprint density at radius 2 is 0.875 bits per heavy atom. The summed E-state index contributed by atoms with van der Waals surface area (Å²) in [4.78, 5) is 0. The van der Waals surface area contributed by atoms with Crippen molar-refractivity contribution in [3.63, 3.8) is 0 Å². The van der Waals surface area contributed by atoms with Gasteiger partial charge in [-0.15, -0.1) is 0 Å². The normalized spacial score (nSPS) is 14.0. The molecule has 154 valence electrons. The van der Waals surface area contributed by atoms with Gasteiger partial charge in [0.05, 0.1) is 0 Å². The van der Waals surface area contributed by atoms with Gasteiger partial charge in [0.2, 0.25) is 0 Å². The molecule has 4 aromatic rings. The van der Waals surface area contributed by atoms with E-state index in [1.54, 1.807) is 0 Å². The van der Waals surface area contributed by atoms with E-state index in [9.17, 15) is 0 Å². The second-order valence-electron chi connectivity index (χ2n) is 8.89. The van der Waals surface area contributed by atoms with Gasteiger partial charge in [0.1, 0.15) is 0 Å². The van der Waals surface area contributed by atoms with Crippen molar-refractivity contribution in [1.29, 1.82) is 0 Å². The smallest absolute Gasteiger partial charge is 0.00109 e. The maximum atomic E-state index is 2.38. The topological polar surface area (TPSA) is 0 Å². The molecule has 0 saturated heterocycles. The van der Waals surface area contributed by atoms with Gasteiger partial charge in [0.25, 0.3) is 0 Å². The predicted octanol–water partition coefficient (Wildman–Crippen LogP) is 7.67. The molecule has 0 atom stereocenters. The largest absolute Gasteiger partial charge is 0.0622 e. The van der Waals surface area contributed by atoms with Crippen molar-refractivity contribution in [3.05, 3.63) is 142 Å². The SMILES string of the molecule is C1=C(c2ccccc2)Cc2c1cccc2CCc1cccc2c1CC(c1ccccc1)=C2. The van der Waals surface area contributed by atoms with Gasteiger partial charge in [-0.3, -0.25) is 0 Å². The molecular weight excluding hydrogens is 384 g/mol. The van der Waals surface area contributed by atoms with Crippen LogP contribution in [0.1, 0.15) is 44.5 Å². The van der Waals surface area contributed by atoms with E-state index in [-0.39, 0.29) is 0 Å². The van der Waals surface area contributed by atoms with E-state index < -0.39 is 0 Å². The van der Waals surface area contributed by atoms with Crippen molar-refractivity contribution >= 4 is 23.3 Å². The van der Waals surface area contributed by atoms with Gasteiger partial charge in [-0.1, -0.05) is 109 Å². The third-order valence-electron chi connectivity index (χ3n) is 6.97. The Balaban J connectivity index is 1.21. The van der Waals surface area contributed by atoms with Crippen molar-refractivity contribution in [2.24, 2.45) is 0 Å². The Kier molecular flexibility index (Phi) is 4.85. The maximum Gasteiger partial charge on any atom is -0.00109 e. The quantitative estimate of drug-likeness (QED) is 0.317. The van der Waals surface area contributed by atoms with Crippen LogP contribution in [0.3, 0.4) is 0 Å². The molecule has 0 unspecified atom stereocenters. The number of aryl methyl sites for hydroxylation is 2. The van der Waals surface area contributed by atoms with Crippen molar-refractivity contribution < 1.29 is 0 Å². The molecular formula is C32H26. The fraction of sp³-hybridized carbons (Fsp3) is 0.125. The standard InChI is InChI=1S/C32H26/c1-3-9-23(10-4-1)29-19-27-15-7-13-25(31(27)21-29)17-18-26-14-8-16-28-20-30(22-32(26)28)24-11-5-2-6-12-24/h1-16,19-20H,17-18,21-22H2.